The molecule has 1 saturated heterocycles. The van der Waals surface area contributed by atoms with Crippen LogP contribution in [-0.4, -0.2) is 49.7 Å². The van der Waals surface area contributed by atoms with E-state index in [1.165, 1.54) is 11.8 Å². The molecule has 4 rings (SSSR count). The summed E-state index contributed by atoms with van der Waals surface area (Å²) in [6.07, 6.45) is 8.40. The number of nitrogens with one attached hydrogen (secondary N) is 1. The summed E-state index contributed by atoms with van der Waals surface area (Å²) in [5.74, 6) is 1.18. The lowest BCUT2D eigenvalue weighted by Crippen LogP contribution is -2.41. The van der Waals surface area contributed by atoms with E-state index in [0.717, 1.165) is 64.6 Å². The van der Waals surface area contributed by atoms with Gasteiger partial charge in [-0.1, -0.05) is 25.5 Å². The second-order valence-electron chi connectivity index (χ2n) is 9.97. The minimum atomic E-state index is -3.29. The summed E-state index contributed by atoms with van der Waals surface area (Å²) in [4.78, 5) is 14.2. The van der Waals surface area contributed by atoms with Crippen molar-refractivity contribution in [2.24, 2.45) is 11.8 Å². The van der Waals surface area contributed by atoms with Crippen molar-refractivity contribution in [3.8, 4) is 0 Å². The topological polar surface area (TPSA) is 92.6 Å². The fourth-order valence-corrected chi connectivity index (χ4v) is 7.16. The molecule has 1 aromatic carbocycles. The predicted octanol–water partition coefficient (Wildman–Crippen LogP) is 4.03. The van der Waals surface area contributed by atoms with Crippen molar-refractivity contribution < 1.29 is 13.3 Å². The van der Waals surface area contributed by atoms with Gasteiger partial charge in [-0.3, -0.25) is 14.8 Å². The first-order valence-corrected chi connectivity index (χ1v) is 13.5. The molecule has 0 aromatic heterocycles. The van der Waals surface area contributed by atoms with Crippen LogP contribution in [0.25, 0.3) is 0 Å². The normalized spacial score (nSPS) is 30.0. The third-order valence-electron chi connectivity index (χ3n) is 8.19. The van der Waals surface area contributed by atoms with Crippen LogP contribution in [0.5, 0.6) is 0 Å². The van der Waals surface area contributed by atoms with Crippen LogP contribution in [0.15, 0.2) is 24.3 Å². The Morgan fingerprint density at radius 1 is 1.19 bits per heavy atom. The highest BCUT2D eigenvalue weighted by Crippen LogP contribution is 2.65. The molecule has 3 aliphatic rings. The highest BCUT2D eigenvalue weighted by Gasteiger charge is 2.67. The van der Waals surface area contributed by atoms with Crippen molar-refractivity contribution in [2.45, 2.75) is 69.2 Å². The number of anilines is 1. The van der Waals surface area contributed by atoms with E-state index < -0.39 is 15.6 Å². The van der Waals surface area contributed by atoms with Crippen molar-refractivity contribution in [2.75, 3.05) is 30.6 Å². The van der Waals surface area contributed by atoms with Gasteiger partial charge in [-0.05, 0) is 61.8 Å². The molecule has 2 aliphatic carbocycles. The number of hydrogen-bond donors (Lipinski definition) is 1. The molecule has 8 heteroatoms. The van der Waals surface area contributed by atoms with Crippen LogP contribution < -0.4 is 4.72 Å². The van der Waals surface area contributed by atoms with Gasteiger partial charge < -0.3 is 4.90 Å². The Balaban J connectivity index is 1.35. The molecular formula is C23H35N3O4S. The van der Waals surface area contributed by atoms with Gasteiger partial charge in [0.1, 0.15) is 0 Å². The van der Waals surface area contributed by atoms with Gasteiger partial charge in [0, 0.05) is 48.4 Å². The second-order valence-corrected chi connectivity index (χ2v) is 11.7. The van der Waals surface area contributed by atoms with Gasteiger partial charge in [-0.2, -0.15) is 0 Å². The predicted molar refractivity (Wildman–Crippen MR) is 122 cm³/mol. The Morgan fingerprint density at radius 2 is 1.87 bits per heavy atom. The zero-order valence-corrected chi connectivity index (χ0v) is 19.5. The molecule has 2 unspecified atom stereocenters. The minimum absolute atomic E-state index is 0.00719. The molecular weight excluding hydrogens is 414 g/mol. The number of rotatable bonds is 9. The van der Waals surface area contributed by atoms with Gasteiger partial charge in [0.15, 0.2) is 0 Å². The van der Waals surface area contributed by atoms with Crippen LogP contribution in [0.2, 0.25) is 0 Å². The zero-order valence-electron chi connectivity index (χ0n) is 18.7. The van der Waals surface area contributed by atoms with Crippen molar-refractivity contribution in [3.63, 3.8) is 0 Å². The number of hydrogen-bond acceptors (Lipinski definition) is 5. The molecule has 3 fully saturated rings. The molecule has 1 N–H and O–H groups in total. The average Bonchev–Trinajstić information content (AvgIpc) is 3.10. The lowest BCUT2D eigenvalue weighted by molar-refractivity contribution is -0.576. The van der Waals surface area contributed by atoms with Gasteiger partial charge in [0.05, 0.1) is 6.26 Å². The molecule has 0 radical (unpaired) electrons. The van der Waals surface area contributed by atoms with Crippen molar-refractivity contribution in [1.29, 1.82) is 0 Å². The number of piperidine rings is 1. The van der Waals surface area contributed by atoms with E-state index in [2.05, 4.69) is 22.6 Å². The fourth-order valence-electron chi connectivity index (χ4n) is 6.61. The maximum atomic E-state index is 11.7. The third-order valence-corrected chi connectivity index (χ3v) is 8.79. The highest BCUT2D eigenvalue weighted by molar-refractivity contribution is 7.92. The van der Waals surface area contributed by atoms with E-state index in [-0.39, 0.29) is 10.3 Å². The number of nitrogens with zero attached hydrogens (tertiary/aromatic N) is 2. The van der Waals surface area contributed by atoms with Crippen LogP contribution in [-0.2, 0) is 15.4 Å². The zero-order chi connectivity index (χ0) is 22.3. The lowest BCUT2D eigenvalue weighted by atomic mass is 9.79. The summed E-state index contributed by atoms with van der Waals surface area (Å²) >= 11 is 0. The fraction of sp³-hybridized carbons (Fsp3) is 0.739. The third kappa shape index (κ3) is 4.33. The molecule has 0 amide bonds. The van der Waals surface area contributed by atoms with Crippen LogP contribution >= 0.6 is 0 Å². The Bertz CT molecular complexity index is 915. The SMILES string of the molecule is CCC1(c2cccc(NS(C)(=O)=O)c2)C2CN(CCCC3([N+](=O)[O-])CCCCC3)CC21. The summed E-state index contributed by atoms with van der Waals surface area (Å²) in [7, 11) is -3.29. The Morgan fingerprint density at radius 3 is 2.45 bits per heavy atom. The molecule has 2 atom stereocenters. The molecule has 1 aromatic rings. The van der Waals surface area contributed by atoms with Crippen molar-refractivity contribution in [1.82, 2.24) is 4.90 Å². The number of nitro groups is 1. The summed E-state index contributed by atoms with van der Waals surface area (Å²) < 4.78 is 25.8. The molecule has 172 valence electrons. The van der Waals surface area contributed by atoms with Crippen molar-refractivity contribution >= 4 is 15.7 Å². The smallest absolute Gasteiger partial charge is 0.229 e. The van der Waals surface area contributed by atoms with Crippen LogP contribution in [0, 0.1) is 22.0 Å². The summed E-state index contributed by atoms with van der Waals surface area (Å²) in [6.45, 7) is 5.24. The quantitative estimate of drug-likeness (QED) is 0.454. The summed E-state index contributed by atoms with van der Waals surface area (Å²) in [5.41, 5.74) is 1.32. The Kier molecular flexibility index (Phi) is 6.07. The number of sulfonamides is 1. The van der Waals surface area contributed by atoms with Gasteiger partial charge in [-0.15, -0.1) is 0 Å². The minimum Gasteiger partial charge on any atom is -0.303 e. The number of likely N-dealkylation sites (tertiary alicyclic amines) is 1. The largest absolute Gasteiger partial charge is 0.303 e. The molecule has 7 nitrogen and oxygen atoms in total. The van der Waals surface area contributed by atoms with Crippen LogP contribution in [0.3, 0.4) is 0 Å². The van der Waals surface area contributed by atoms with Gasteiger partial charge in [-0.25, -0.2) is 8.42 Å². The molecule has 1 heterocycles. The number of benzene rings is 1. The van der Waals surface area contributed by atoms with E-state index in [9.17, 15) is 18.5 Å². The lowest BCUT2D eigenvalue weighted by Gasteiger charge is -2.30. The van der Waals surface area contributed by atoms with Gasteiger partial charge >= 0.3 is 0 Å². The average molecular weight is 450 g/mol. The second kappa shape index (κ2) is 8.35. The van der Waals surface area contributed by atoms with E-state index in [1.807, 2.05) is 12.1 Å². The van der Waals surface area contributed by atoms with Gasteiger partial charge in [0.25, 0.3) is 0 Å². The highest BCUT2D eigenvalue weighted by atomic mass is 32.2. The summed E-state index contributed by atoms with van der Waals surface area (Å²) in [6, 6.07) is 7.86. The molecule has 31 heavy (non-hydrogen) atoms. The van der Waals surface area contributed by atoms with E-state index in [0.29, 0.717) is 23.9 Å². The molecule has 0 bridgehead atoms. The maximum absolute atomic E-state index is 11.7. The van der Waals surface area contributed by atoms with Gasteiger partial charge in [0.2, 0.25) is 15.6 Å². The first kappa shape index (κ1) is 22.5. The summed E-state index contributed by atoms with van der Waals surface area (Å²) in [5, 5.41) is 11.7. The molecule has 0 spiro atoms. The Hall–Kier alpha value is -1.67. The first-order valence-electron chi connectivity index (χ1n) is 11.7. The number of fused-ring (bicyclic) bond motifs is 1. The maximum Gasteiger partial charge on any atom is 0.229 e. The molecule has 2 saturated carbocycles. The molecule has 1 aliphatic heterocycles. The van der Waals surface area contributed by atoms with Crippen LogP contribution in [0.1, 0.15) is 63.9 Å². The first-order chi connectivity index (χ1) is 14.7. The van der Waals surface area contributed by atoms with Crippen LogP contribution in [0.4, 0.5) is 5.69 Å². The Labute approximate surface area is 185 Å². The van der Waals surface area contributed by atoms with E-state index in [1.54, 1.807) is 6.07 Å². The van der Waals surface area contributed by atoms with E-state index >= 15 is 0 Å². The standard InChI is InChI=1S/C23H35N3O4S/c1-3-23(18-9-7-10-19(15-18)24-31(2,29)30)20-16-25(17-21(20)23)14-8-13-22(26(27)28)11-5-4-6-12-22/h7,9-10,15,20-21,24H,3-6,8,11-14,16-17H2,1-2H3. The monoisotopic (exact) mass is 449 g/mol. The van der Waals surface area contributed by atoms with E-state index in [4.69, 9.17) is 0 Å². The van der Waals surface area contributed by atoms with Crippen molar-refractivity contribution in [3.05, 3.63) is 39.9 Å².